The van der Waals surface area contributed by atoms with Gasteiger partial charge in [-0.25, -0.2) is 4.48 Å². The van der Waals surface area contributed by atoms with E-state index >= 15 is 0 Å². The van der Waals surface area contributed by atoms with E-state index in [1.54, 1.807) is 0 Å². The zero-order chi connectivity index (χ0) is 35.9. The molecule has 1 rings (SSSR count). The summed E-state index contributed by atoms with van der Waals surface area (Å²) in [6, 6.07) is 11.2. The number of unbranched alkanes of at least 4 members (excludes halogenated alkanes) is 30. The van der Waals surface area contributed by atoms with Gasteiger partial charge in [0.2, 0.25) is 0 Å². The van der Waals surface area contributed by atoms with Gasteiger partial charge in [-0.2, -0.15) is 0 Å². The molecule has 1 heteroatoms. The van der Waals surface area contributed by atoms with Gasteiger partial charge in [0, 0.05) is 5.56 Å². The summed E-state index contributed by atoms with van der Waals surface area (Å²) < 4.78 is 0.817. The third kappa shape index (κ3) is 30.1. The van der Waals surface area contributed by atoms with Crippen molar-refractivity contribution in [1.82, 2.24) is 0 Å². The van der Waals surface area contributed by atoms with Crippen LogP contribution in [0.5, 0.6) is 0 Å². The lowest BCUT2D eigenvalue weighted by molar-refractivity contribution is -0.788. The molecule has 1 aromatic rings. The minimum Gasteiger partial charge on any atom is -0.242 e. The third-order valence-electron chi connectivity index (χ3n) is 10.6. The highest BCUT2D eigenvalue weighted by Crippen LogP contribution is 2.22. The predicted octanol–water partition coefficient (Wildman–Crippen LogP) is 17.5. The monoisotopic (exact) mass is 691 g/mol. The van der Waals surface area contributed by atoms with Crippen molar-refractivity contribution in [3.63, 3.8) is 0 Å². The van der Waals surface area contributed by atoms with E-state index in [2.05, 4.69) is 87.9 Å². The Bertz CT molecular complexity index is 796. The quantitative estimate of drug-likeness (QED) is 0.0478. The lowest BCUT2D eigenvalue weighted by Gasteiger charge is -2.27. The van der Waals surface area contributed by atoms with Crippen LogP contribution in [0.25, 0.3) is 0 Å². The Morgan fingerprint density at radius 2 is 0.600 bits per heavy atom. The van der Waals surface area contributed by atoms with Crippen LogP contribution in [0.1, 0.15) is 238 Å². The van der Waals surface area contributed by atoms with E-state index < -0.39 is 0 Å². The van der Waals surface area contributed by atoms with Crippen molar-refractivity contribution in [1.29, 1.82) is 0 Å². The molecule has 0 spiro atoms. The molecule has 0 heterocycles. The topological polar surface area (TPSA) is 0 Å². The van der Waals surface area contributed by atoms with Gasteiger partial charge in [0.25, 0.3) is 0 Å². The molecule has 0 fully saturated rings. The van der Waals surface area contributed by atoms with E-state index in [0.29, 0.717) is 0 Å². The molecule has 1 aromatic carbocycles. The molecule has 0 aliphatic heterocycles. The van der Waals surface area contributed by atoms with Gasteiger partial charge in [0.1, 0.15) is 25.1 Å². The van der Waals surface area contributed by atoms with Crippen LogP contribution in [0.15, 0.2) is 67.2 Å². The molecule has 0 aromatic heterocycles. The second-order valence-corrected chi connectivity index (χ2v) is 15.7. The molecule has 50 heavy (non-hydrogen) atoms. The van der Waals surface area contributed by atoms with Crippen LogP contribution in [0.4, 0.5) is 0 Å². The van der Waals surface area contributed by atoms with Gasteiger partial charge in [-0.1, -0.05) is 224 Å². The first-order chi connectivity index (χ1) is 24.8. The average Bonchev–Trinajstić information content (AvgIpc) is 3.13. The zero-order valence-electron chi connectivity index (χ0n) is 34.3. The number of benzene rings is 1. The first kappa shape index (κ1) is 46.4. The van der Waals surface area contributed by atoms with Gasteiger partial charge in [0.05, 0.1) is 0 Å². The first-order valence-electron chi connectivity index (χ1n) is 22.7. The highest BCUT2D eigenvalue weighted by atomic mass is 15.3. The number of hydrogen-bond acceptors (Lipinski definition) is 0. The fraction of sp³-hybridized carbons (Fsp3) is 0.755. The minimum atomic E-state index is 0.817. The van der Waals surface area contributed by atoms with E-state index in [1.165, 1.54) is 217 Å². The Hall–Kier alpha value is -1.60. The van der Waals surface area contributed by atoms with Crippen LogP contribution in [-0.2, 0) is 6.54 Å². The van der Waals surface area contributed by atoms with E-state index in [1.807, 2.05) is 0 Å². The summed E-state index contributed by atoms with van der Waals surface area (Å²) in [7, 11) is 0. The minimum absolute atomic E-state index is 0.817. The molecule has 0 amide bonds. The lowest BCUT2D eigenvalue weighted by atomic mass is 10.1. The lowest BCUT2D eigenvalue weighted by Crippen LogP contribution is -2.30. The Kier molecular flexibility index (Phi) is 34.5. The van der Waals surface area contributed by atoms with E-state index in [4.69, 9.17) is 0 Å². The smallest absolute Gasteiger partial charge is 0.117 e. The van der Waals surface area contributed by atoms with Gasteiger partial charge in [-0.15, -0.1) is 0 Å². The maximum atomic E-state index is 2.52. The van der Waals surface area contributed by atoms with Crippen LogP contribution >= 0.6 is 0 Å². The van der Waals surface area contributed by atoms with E-state index in [-0.39, 0.29) is 0 Å². The zero-order valence-corrected chi connectivity index (χ0v) is 34.3. The molecule has 0 radical (unpaired) electrons. The number of nitrogens with zero attached hydrogens (tertiary/aromatic N) is 1. The summed E-state index contributed by atoms with van der Waals surface area (Å²) in [5.74, 6) is 0. The summed E-state index contributed by atoms with van der Waals surface area (Å²) in [4.78, 5) is 0. The molecular weight excluding hydrogens is 603 g/mol. The summed E-state index contributed by atoms with van der Waals surface area (Å²) in [5.41, 5.74) is 1.42. The van der Waals surface area contributed by atoms with Gasteiger partial charge >= 0.3 is 0 Å². The highest BCUT2D eigenvalue weighted by Gasteiger charge is 2.20. The Morgan fingerprint density at radius 1 is 0.340 bits per heavy atom. The fourth-order valence-electron chi connectivity index (χ4n) is 7.27. The molecule has 0 saturated carbocycles. The predicted molar refractivity (Wildman–Crippen MR) is 227 cm³/mol. The molecule has 0 aliphatic carbocycles. The van der Waals surface area contributed by atoms with Crippen LogP contribution in [0.2, 0.25) is 0 Å². The van der Waals surface area contributed by atoms with Gasteiger partial charge in [-0.3, -0.25) is 0 Å². The van der Waals surface area contributed by atoms with Crippen molar-refractivity contribution in [3.8, 4) is 0 Å². The van der Waals surface area contributed by atoms with Crippen molar-refractivity contribution < 1.29 is 4.48 Å². The van der Waals surface area contributed by atoms with Crippen molar-refractivity contribution in [3.05, 3.63) is 72.7 Å². The fourth-order valence-corrected chi connectivity index (χ4v) is 7.27. The number of rotatable bonds is 38. The SMILES string of the molecule is CCCCCCCCCCCC/C=C\[N+](/C=C/CCCCCCCCCCCC)(/C=C/CCCCCCCCCCCC)Cc1ccccc1. The van der Waals surface area contributed by atoms with Crippen molar-refractivity contribution in [2.24, 2.45) is 0 Å². The summed E-state index contributed by atoms with van der Waals surface area (Å²) in [6.45, 7) is 7.93. The Labute approximate surface area is 315 Å². The van der Waals surface area contributed by atoms with Crippen LogP contribution in [0.3, 0.4) is 0 Å². The molecule has 0 atom stereocenters. The number of hydrogen-bond donors (Lipinski definition) is 0. The van der Waals surface area contributed by atoms with Gasteiger partial charge in [0.15, 0.2) is 0 Å². The summed E-state index contributed by atoms with van der Waals surface area (Å²) in [5, 5.41) is 0. The molecule has 0 aliphatic rings. The van der Waals surface area contributed by atoms with E-state index in [0.717, 1.165) is 11.0 Å². The van der Waals surface area contributed by atoms with Crippen molar-refractivity contribution >= 4 is 0 Å². The first-order valence-corrected chi connectivity index (χ1v) is 22.7. The largest absolute Gasteiger partial charge is 0.242 e. The molecule has 0 N–H and O–H groups in total. The van der Waals surface area contributed by atoms with Crippen LogP contribution in [0, 0.1) is 0 Å². The van der Waals surface area contributed by atoms with Crippen molar-refractivity contribution in [2.45, 2.75) is 239 Å². The maximum Gasteiger partial charge on any atom is 0.117 e. The summed E-state index contributed by atoms with van der Waals surface area (Å²) in [6.07, 6.45) is 60.8. The molecule has 0 saturated heterocycles. The Balaban J connectivity index is 2.68. The highest BCUT2D eigenvalue weighted by molar-refractivity contribution is 5.14. The van der Waals surface area contributed by atoms with E-state index in [9.17, 15) is 0 Å². The third-order valence-corrected chi connectivity index (χ3v) is 10.6. The van der Waals surface area contributed by atoms with Gasteiger partial charge in [-0.05, 0) is 56.8 Å². The number of allylic oxidation sites excluding steroid dienone is 3. The van der Waals surface area contributed by atoms with Crippen LogP contribution in [-0.4, -0.2) is 4.48 Å². The molecule has 0 bridgehead atoms. The summed E-state index contributed by atoms with van der Waals surface area (Å²) >= 11 is 0. The molecule has 288 valence electrons. The second-order valence-electron chi connectivity index (χ2n) is 15.7. The maximum absolute atomic E-state index is 2.52. The van der Waals surface area contributed by atoms with Gasteiger partial charge < -0.3 is 0 Å². The number of quaternary nitrogens is 1. The average molecular weight is 691 g/mol. The standard InChI is InChI=1S/C49H88N/c1-4-7-10-13-16-19-22-25-28-31-34-40-45-50(48-49-43-38-37-39-44-49,46-41-35-32-29-26-23-20-17-14-11-8-5-2)47-42-36-33-30-27-24-21-18-15-12-9-6-3/h37-47H,4-36,48H2,1-3H3/q+1/b45-40-,46-41+,47-42+. The van der Waals surface area contributed by atoms with Crippen molar-refractivity contribution in [2.75, 3.05) is 0 Å². The normalized spacial score (nSPS) is 12.4. The van der Waals surface area contributed by atoms with Crippen LogP contribution < -0.4 is 0 Å². The molecule has 1 nitrogen and oxygen atoms in total. The Morgan fingerprint density at radius 3 is 0.880 bits per heavy atom. The molecule has 0 unspecified atom stereocenters. The molecular formula is C49H88N+. The second kappa shape index (κ2) is 37.2.